The Bertz CT molecular complexity index is 3450. The van der Waals surface area contributed by atoms with Gasteiger partial charge in [0.05, 0.1) is 21.2 Å². The van der Waals surface area contributed by atoms with Crippen molar-refractivity contribution in [1.29, 1.82) is 0 Å². The van der Waals surface area contributed by atoms with Gasteiger partial charge in [-0.05, 0) is 120 Å². The molecule has 8 aromatic rings. The highest BCUT2D eigenvalue weighted by Crippen LogP contribution is 2.26. The van der Waals surface area contributed by atoms with Gasteiger partial charge in [-0.25, -0.2) is 26.0 Å². The molecule has 0 spiro atoms. The fourth-order valence-electron chi connectivity index (χ4n) is 7.64. The van der Waals surface area contributed by atoms with Gasteiger partial charge >= 0.3 is 11.8 Å². The van der Waals surface area contributed by atoms with Crippen LogP contribution in [-0.4, -0.2) is 40.5 Å². The summed E-state index contributed by atoms with van der Waals surface area (Å²) in [6.45, 7) is 3.33. The number of hydrogen-bond donors (Lipinski definition) is 8. The number of nitrogens with one attached hydrogen (secondary N) is 8. The van der Waals surface area contributed by atoms with Crippen molar-refractivity contribution in [2.24, 2.45) is 14.1 Å². The number of hydrogen-bond acceptors (Lipinski definition) is 10. The quantitative estimate of drug-likeness (QED) is 0.0344. The van der Waals surface area contributed by atoms with E-state index in [-0.39, 0.29) is 57.4 Å². The number of sulfonamides is 2. The Balaban J connectivity index is 0.776. The third-order valence-corrected chi connectivity index (χ3v) is 14.5. The van der Waals surface area contributed by atoms with Crippen LogP contribution in [0, 0.1) is 13.8 Å². The lowest BCUT2D eigenvalue weighted by molar-refractivity contribution is -0.684. The number of carbonyl (C=O) groups is 4. The molecule has 0 unspecified atom stereocenters. The SMILES string of the molecule is Cc1cc(NS(=O)(=O)c2cccc(NC(=O)C[n+]3ccc(-c4cc[n+](C)cc4)cc3)c2)ccc1NNC(=O)C(=O)NNc1ccc(NS(=O)(=O)c2cccc(NC(=O)C[n+]3ccc(-c4cc[n+](C)cc4)cc3)c2)cc1C. The first kappa shape index (κ1) is 52.8. The summed E-state index contributed by atoms with van der Waals surface area (Å²) >= 11 is 0. The van der Waals surface area contributed by atoms with Gasteiger partial charge in [0, 0.05) is 71.3 Å². The Morgan fingerprint density at radius 3 is 1.11 bits per heavy atom. The molecule has 8 rings (SSSR count). The van der Waals surface area contributed by atoms with E-state index in [0.717, 1.165) is 22.3 Å². The molecule has 0 radical (unpaired) electrons. The molecule has 8 N–H and O–H groups in total. The minimum Gasteiger partial charge on any atom is -0.321 e. The van der Waals surface area contributed by atoms with Crippen LogP contribution in [0.2, 0.25) is 0 Å². The number of aryl methyl sites for hydroxylation is 4. The van der Waals surface area contributed by atoms with Gasteiger partial charge in [-0.1, -0.05) is 12.1 Å². The molecule has 386 valence electrons. The Labute approximate surface area is 439 Å². The lowest BCUT2D eigenvalue weighted by Crippen LogP contribution is -2.44. The van der Waals surface area contributed by atoms with Crippen molar-refractivity contribution in [2.45, 2.75) is 36.7 Å². The summed E-state index contributed by atoms with van der Waals surface area (Å²) < 4.78 is 66.0. The first-order valence-corrected chi connectivity index (χ1v) is 26.4. The maximum atomic E-state index is 13.4. The molecule has 4 aromatic carbocycles. The number of carbonyl (C=O) groups excluding carboxylic acids is 4. The van der Waals surface area contributed by atoms with E-state index < -0.39 is 31.9 Å². The van der Waals surface area contributed by atoms with Crippen LogP contribution in [0.4, 0.5) is 34.1 Å². The third kappa shape index (κ3) is 13.9. The Morgan fingerprint density at radius 2 is 0.763 bits per heavy atom. The van der Waals surface area contributed by atoms with Crippen molar-refractivity contribution in [3.63, 3.8) is 0 Å². The van der Waals surface area contributed by atoms with E-state index >= 15 is 0 Å². The van der Waals surface area contributed by atoms with Crippen LogP contribution < -0.4 is 60.0 Å². The van der Waals surface area contributed by atoms with Gasteiger partial charge in [0.2, 0.25) is 13.1 Å². The summed E-state index contributed by atoms with van der Waals surface area (Å²) in [6.07, 6.45) is 15.0. The Morgan fingerprint density at radius 1 is 0.421 bits per heavy atom. The van der Waals surface area contributed by atoms with Crippen LogP contribution >= 0.6 is 0 Å². The van der Waals surface area contributed by atoms with Gasteiger partial charge in [0.1, 0.15) is 14.1 Å². The zero-order chi connectivity index (χ0) is 54.0. The number of nitrogens with zero attached hydrogens (tertiary/aromatic N) is 4. The molecule has 0 aliphatic carbocycles. The highest BCUT2D eigenvalue weighted by atomic mass is 32.2. The molecule has 4 heterocycles. The molecule has 0 atom stereocenters. The molecule has 0 aliphatic heterocycles. The Hall–Kier alpha value is -9.54. The van der Waals surface area contributed by atoms with Gasteiger partial charge in [0.25, 0.3) is 31.9 Å². The standard InChI is InChI=1S/C54H50N12O8S2/c1-37-31-45(61-75(71,72)47-9-5-7-43(33-47)55-51(67)35-65-27-19-41(20-28-65)39-15-23-63(3)24-16-39)11-13-49(37)57-59-53(69)54(70)60-58-50-14-12-46(32-38(50)2)62-76(73,74)48-10-6-8-44(34-48)56-52(68)36-66-29-21-42(22-30-66)40-17-25-64(4)26-18-40/h5-34H,35-36H2,1-4H3,(H4,55,56,59,60,61,62,67,68,69,70)/p+4. The number of hydrazine groups is 2. The normalized spacial score (nSPS) is 11.2. The maximum Gasteiger partial charge on any atom is 0.329 e. The summed E-state index contributed by atoms with van der Waals surface area (Å²) in [4.78, 5) is 51.1. The van der Waals surface area contributed by atoms with E-state index in [1.54, 1.807) is 59.9 Å². The molecular formula is C54H54N12O8S2+4. The summed E-state index contributed by atoms with van der Waals surface area (Å²) in [6, 6.07) is 36.3. The average Bonchev–Trinajstić information content (AvgIpc) is 3.39. The van der Waals surface area contributed by atoms with Gasteiger partial charge in [-0.3, -0.25) is 50.3 Å². The molecule has 22 heteroatoms. The predicted molar refractivity (Wildman–Crippen MR) is 284 cm³/mol. The summed E-state index contributed by atoms with van der Waals surface area (Å²) in [5.41, 5.74) is 16.7. The maximum absolute atomic E-state index is 13.4. The molecule has 4 aromatic heterocycles. The number of rotatable bonds is 18. The molecule has 0 saturated carbocycles. The van der Waals surface area contributed by atoms with E-state index in [4.69, 9.17) is 0 Å². The third-order valence-electron chi connectivity index (χ3n) is 11.7. The van der Waals surface area contributed by atoms with Gasteiger partial charge < -0.3 is 10.6 Å². The number of aromatic nitrogens is 4. The van der Waals surface area contributed by atoms with Crippen LogP contribution in [0.3, 0.4) is 0 Å². The van der Waals surface area contributed by atoms with E-state index in [2.05, 4.69) is 41.8 Å². The molecule has 4 amide bonds. The number of anilines is 6. The second-order valence-corrected chi connectivity index (χ2v) is 21.0. The second-order valence-electron chi connectivity index (χ2n) is 17.6. The minimum atomic E-state index is -4.11. The summed E-state index contributed by atoms with van der Waals surface area (Å²) in [5.74, 6) is -2.84. The lowest BCUT2D eigenvalue weighted by Gasteiger charge is -2.15. The molecule has 0 aliphatic rings. The predicted octanol–water partition coefficient (Wildman–Crippen LogP) is 4.33. The smallest absolute Gasteiger partial charge is 0.321 e. The average molecular weight is 1060 g/mol. The van der Waals surface area contributed by atoms with Crippen molar-refractivity contribution < 1.29 is 54.3 Å². The van der Waals surface area contributed by atoms with Crippen LogP contribution in [0.5, 0.6) is 0 Å². The topological polar surface area (TPSA) is 248 Å². The van der Waals surface area contributed by atoms with Crippen molar-refractivity contribution in [3.05, 3.63) is 194 Å². The lowest BCUT2D eigenvalue weighted by atomic mass is 10.1. The number of pyridine rings is 4. The van der Waals surface area contributed by atoms with E-state index in [1.807, 2.05) is 96.5 Å². The van der Waals surface area contributed by atoms with E-state index in [1.165, 1.54) is 72.8 Å². The summed E-state index contributed by atoms with van der Waals surface area (Å²) in [5, 5.41) is 5.50. The van der Waals surface area contributed by atoms with Crippen LogP contribution in [0.25, 0.3) is 22.3 Å². The fourth-order valence-corrected chi connectivity index (χ4v) is 9.83. The fraction of sp³-hybridized carbons (Fsp3) is 0.111. The zero-order valence-corrected chi connectivity index (χ0v) is 43.2. The first-order valence-electron chi connectivity index (χ1n) is 23.4. The van der Waals surface area contributed by atoms with Gasteiger partial charge in [-0.2, -0.15) is 9.13 Å². The van der Waals surface area contributed by atoms with Gasteiger partial charge in [0.15, 0.2) is 49.6 Å². The van der Waals surface area contributed by atoms with E-state index in [0.29, 0.717) is 22.5 Å². The number of benzene rings is 4. The van der Waals surface area contributed by atoms with Gasteiger partial charge in [-0.15, -0.1) is 0 Å². The molecule has 76 heavy (non-hydrogen) atoms. The van der Waals surface area contributed by atoms with Crippen molar-refractivity contribution in [3.8, 4) is 22.3 Å². The Kier molecular flexibility index (Phi) is 16.1. The van der Waals surface area contributed by atoms with Crippen LogP contribution in [0.1, 0.15) is 11.1 Å². The van der Waals surface area contributed by atoms with E-state index in [9.17, 15) is 36.0 Å². The molecule has 0 bridgehead atoms. The summed E-state index contributed by atoms with van der Waals surface area (Å²) in [7, 11) is -4.33. The molecular weight excluding hydrogens is 1010 g/mol. The first-order chi connectivity index (χ1) is 36.3. The second kappa shape index (κ2) is 23.1. The largest absolute Gasteiger partial charge is 0.329 e. The molecule has 0 fully saturated rings. The highest BCUT2D eigenvalue weighted by Gasteiger charge is 2.20. The molecule has 20 nitrogen and oxygen atoms in total. The number of amides is 4. The van der Waals surface area contributed by atoms with Crippen LogP contribution in [0.15, 0.2) is 193 Å². The van der Waals surface area contributed by atoms with Crippen LogP contribution in [-0.2, 0) is 66.4 Å². The monoisotopic (exact) mass is 1060 g/mol. The van der Waals surface area contributed by atoms with Crippen molar-refractivity contribution >= 4 is 77.8 Å². The highest BCUT2D eigenvalue weighted by molar-refractivity contribution is 7.93. The zero-order valence-electron chi connectivity index (χ0n) is 41.6. The molecule has 0 saturated heterocycles. The van der Waals surface area contributed by atoms with Crippen molar-refractivity contribution in [2.75, 3.05) is 30.9 Å². The van der Waals surface area contributed by atoms with Crippen molar-refractivity contribution in [1.82, 2.24) is 10.9 Å². The minimum absolute atomic E-state index is 0.00249.